The molecule has 0 aromatic carbocycles. The fraction of sp³-hybridized carbons (Fsp3) is 0.857. The molecule has 0 unspecified atom stereocenters. The highest BCUT2D eigenvalue weighted by atomic mass is 15.8. The van der Waals surface area contributed by atoms with Crippen LogP contribution in [0.15, 0.2) is 5.10 Å². The number of hydrazone groups is 1. The zero-order valence-electron chi connectivity index (χ0n) is 7.30. The van der Waals surface area contributed by atoms with E-state index in [1.165, 1.54) is 25.9 Å². The van der Waals surface area contributed by atoms with Crippen molar-refractivity contribution in [1.82, 2.24) is 21.4 Å². The summed E-state index contributed by atoms with van der Waals surface area (Å²) < 4.78 is 0. The number of hydrazine groups is 2. The number of likely N-dealkylation sites (tertiary alicyclic amines) is 1. The highest BCUT2D eigenvalue weighted by Gasteiger charge is 2.23. The lowest BCUT2D eigenvalue weighted by Gasteiger charge is -2.28. The number of hydrogen-bond acceptors (Lipinski definition) is 5. The average Bonchev–Trinajstić information content (AvgIpc) is 2.58. The van der Waals surface area contributed by atoms with Crippen molar-refractivity contribution < 1.29 is 0 Å². The summed E-state index contributed by atoms with van der Waals surface area (Å²) in [6, 6.07) is 0. The molecule has 5 heteroatoms. The molecule has 2 rings (SSSR count). The third kappa shape index (κ3) is 1.51. The van der Waals surface area contributed by atoms with Gasteiger partial charge in [0, 0.05) is 5.92 Å². The van der Waals surface area contributed by atoms with Crippen LogP contribution in [-0.2, 0) is 0 Å². The van der Waals surface area contributed by atoms with Crippen LogP contribution in [0.2, 0.25) is 0 Å². The first-order valence-electron chi connectivity index (χ1n) is 4.38. The highest BCUT2D eigenvalue weighted by molar-refractivity contribution is 5.84. The predicted molar refractivity (Wildman–Crippen MR) is 47.1 cm³/mol. The quantitative estimate of drug-likeness (QED) is 0.483. The Morgan fingerprint density at radius 3 is 2.75 bits per heavy atom. The van der Waals surface area contributed by atoms with Gasteiger partial charge in [0.1, 0.15) is 5.84 Å². The van der Waals surface area contributed by atoms with Gasteiger partial charge >= 0.3 is 0 Å². The fourth-order valence-corrected chi connectivity index (χ4v) is 1.68. The Kier molecular flexibility index (Phi) is 2.14. The maximum absolute atomic E-state index is 4.11. The molecular formula is C7H15N5. The molecular weight excluding hydrogens is 154 g/mol. The first kappa shape index (κ1) is 7.82. The zero-order valence-corrected chi connectivity index (χ0v) is 7.30. The van der Waals surface area contributed by atoms with Gasteiger partial charge in [0.25, 0.3) is 0 Å². The normalized spacial score (nSPS) is 26.2. The van der Waals surface area contributed by atoms with Crippen molar-refractivity contribution >= 4 is 5.84 Å². The number of nitrogens with zero attached hydrogens (tertiary/aromatic N) is 2. The van der Waals surface area contributed by atoms with Crippen LogP contribution in [0.5, 0.6) is 0 Å². The molecule has 0 saturated carbocycles. The molecule has 0 aromatic heterocycles. The number of amidine groups is 1. The topological polar surface area (TPSA) is 51.7 Å². The van der Waals surface area contributed by atoms with Crippen molar-refractivity contribution in [3.8, 4) is 0 Å². The number of hydrogen-bond donors (Lipinski definition) is 3. The molecule has 0 aliphatic carbocycles. The monoisotopic (exact) mass is 169 g/mol. The zero-order chi connectivity index (χ0) is 8.39. The summed E-state index contributed by atoms with van der Waals surface area (Å²) in [7, 11) is 2.16. The van der Waals surface area contributed by atoms with E-state index in [2.05, 4.69) is 33.5 Å². The smallest absolute Gasteiger partial charge is 0.142 e. The van der Waals surface area contributed by atoms with Crippen LogP contribution in [-0.4, -0.2) is 30.9 Å². The Morgan fingerprint density at radius 2 is 2.17 bits per heavy atom. The van der Waals surface area contributed by atoms with Crippen LogP contribution < -0.4 is 16.5 Å². The van der Waals surface area contributed by atoms with E-state index in [-0.39, 0.29) is 0 Å². The molecule has 2 aliphatic rings. The second-order valence-corrected chi connectivity index (χ2v) is 3.44. The van der Waals surface area contributed by atoms with E-state index in [4.69, 9.17) is 0 Å². The second kappa shape index (κ2) is 3.28. The van der Waals surface area contributed by atoms with Crippen molar-refractivity contribution in [2.75, 3.05) is 20.1 Å². The molecule has 68 valence electrons. The molecule has 2 aliphatic heterocycles. The lowest BCUT2D eigenvalue weighted by molar-refractivity contribution is 0.250. The van der Waals surface area contributed by atoms with E-state index in [0.717, 1.165) is 5.84 Å². The minimum Gasteiger partial charge on any atom is -0.306 e. The van der Waals surface area contributed by atoms with Gasteiger partial charge in [0.2, 0.25) is 0 Å². The second-order valence-electron chi connectivity index (χ2n) is 3.44. The summed E-state index contributed by atoms with van der Waals surface area (Å²) in [5.41, 5.74) is 8.47. The molecule has 0 atom stereocenters. The van der Waals surface area contributed by atoms with Gasteiger partial charge in [-0.15, -0.1) is 10.6 Å². The summed E-state index contributed by atoms with van der Waals surface area (Å²) in [6.07, 6.45) is 2.40. The lowest BCUT2D eigenvalue weighted by Crippen LogP contribution is -2.41. The van der Waals surface area contributed by atoms with Gasteiger partial charge in [-0.3, -0.25) is 5.43 Å². The highest BCUT2D eigenvalue weighted by Crippen LogP contribution is 2.16. The van der Waals surface area contributed by atoms with Crippen molar-refractivity contribution in [3.05, 3.63) is 0 Å². The van der Waals surface area contributed by atoms with Gasteiger partial charge in [-0.25, -0.2) is 5.53 Å². The predicted octanol–water partition coefficient (Wildman–Crippen LogP) is -0.746. The van der Waals surface area contributed by atoms with Crippen LogP contribution in [0.1, 0.15) is 12.8 Å². The van der Waals surface area contributed by atoms with Crippen LogP contribution in [0, 0.1) is 5.92 Å². The standard InChI is InChI=1S/C7H15N5/c1-12-4-2-6(3-5-12)7-8-10-11-9-7/h6,10-11H,2-5H2,1H3,(H,8,9). The van der Waals surface area contributed by atoms with E-state index in [0.29, 0.717) is 5.92 Å². The van der Waals surface area contributed by atoms with Crippen LogP contribution in [0.3, 0.4) is 0 Å². The van der Waals surface area contributed by atoms with Crippen molar-refractivity contribution in [2.24, 2.45) is 11.0 Å². The molecule has 2 heterocycles. The maximum Gasteiger partial charge on any atom is 0.142 e. The molecule has 1 saturated heterocycles. The average molecular weight is 169 g/mol. The van der Waals surface area contributed by atoms with Crippen LogP contribution in [0.25, 0.3) is 0 Å². The van der Waals surface area contributed by atoms with E-state index in [9.17, 15) is 0 Å². The van der Waals surface area contributed by atoms with Gasteiger partial charge in [0.15, 0.2) is 0 Å². The Bertz CT molecular complexity index is 182. The van der Waals surface area contributed by atoms with Gasteiger partial charge in [-0.1, -0.05) is 0 Å². The molecule has 0 radical (unpaired) electrons. The van der Waals surface area contributed by atoms with Crippen molar-refractivity contribution in [2.45, 2.75) is 12.8 Å². The third-order valence-corrected chi connectivity index (χ3v) is 2.53. The molecule has 3 N–H and O–H groups in total. The number of rotatable bonds is 1. The first-order chi connectivity index (χ1) is 5.86. The first-order valence-corrected chi connectivity index (χ1v) is 4.38. The van der Waals surface area contributed by atoms with E-state index in [1.54, 1.807) is 0 Å². The number of nitrogens with one attached hydrogen (secondary N) is 3. The summed E-state index contributed by atoms with van der Waals surface area (Å²) in [5.74, 6) is 1.66. The molecule has 1 fully saturated rings. The minimum absolute atomic E-state index is 0.601. The summed E-state index contributed by atoms with van der Waals surface area (Å²) in [6.45, 7) is 2.34. The largest absolute Gasteiger partial charge is 0.306 e. The summed E-state index contributed by atoms with van der Waals surface area (Å²) in [4.78, 5) is 2.35. The Balaban J connectivity index is 1.88. The van der Waals surface area contributed by atoms with Gasteiger partial charge < -0.3 is 4.90 Å². The van der Waals surface area contributed by atoms with E-state index < -0.39 is 0 Å². The third-order valence-electron chi connectivity index (χ3n) is 2.53. The number of piperidine rings is 1. The van der Waals surface area contributed by atoms with E-state index in [1.807, 2.05) is 0 Å². The van der Waals surface area contributed by atoms with Gasteiger partial charge in [0.05, 0.1) is 0 Å². The molecule has 0 aromatic rings. The Labute approximate surface area is 72.1 Å². The van der Waals surface area contributed by atoms with Gasteiger partial charge in [-0.2, -0.15) is 0 Å². The Morgan fingerprint density at radius 1 is 1.42 bits per heavy atom. The molecule has 0 amide bonds. The van der Waals surface area contributed by atoms with Gasteiger partial charge in [-0.05, 0) is 33.0 Å². The van der Waals surface area contributed by atoms with E-state index >= 15 is 0 Å². The van der Waals surface area contributed by atoms with Crippen molar-refractivity contribution in [3.63, 3.8) is 0 Å². The van der Waals surface area contributed by atoms with Crippen LogP contribution in [0.4, 0.5) is 0 Å². The molecule has 0 bridgehead atoms. The fourth-order valence-electron chi connectivity index (χ4n) is 1.68. The Hall–Kier alpha value is -0.810. The molecule has 0 spiro atoms. The lowest BCUT2D eigenvalue weighted by atomic mass is 9.96. The molecule has 12 heavy (non-hydrogen) atoms. The molecule has 5 nitrogen and oxygen atoms in total. The summed E-state index contributed by atoms with van der Waals surface area (Å²) >= 11 is 0. The minimum atomic E-state index is 0.601. The summed E-state index contributed by atoms with van der Waals surface area (Å²) in [5, 5.41) is 4.11. The SMILES string of the molecule is CN1CCC(C2=NNNN2)CC1. The maximum atomic E-state index is 4.11. The van der Waals surface area contributed by atoms with Crippen molar-refractivity contribution in [1.29, 1.82) is 0 Å². The van der Waals surface area contributed by atoms with Crippen LogP contribution >= 0.6 is 0 Å².